The lowest BCUT2D eigenvalue weighted by atomic mass is 10.4. The van der Waals surface area contributed by atoms with Crippen molar-refractivity contribution < 1.29 is 33.3 Å². The zero-order valence-corrected chi connectivity index (χ0v) is 17.1. The van der Waals surface area contributed by atoms with Gasteiger partial charge in [-0.05, 0) is 6.42 Å². The van der Waals surface area contributed by atoms with Gasteiger partial charge in [0.15, 0.2) is 0 Å². The molecule has 0 heterocycles. The van der Waals surface area contributed by atoms with Crippen LogP contribution in [0.4, 0.5) is 0 Å². The van der Waals surface area contributed by atoms with Crippen molar-refractivity contribution in [3.63, 3.8) is 0 Å². The van der Waals surface area contributed by atoms with Crippen molar-refractivity contribution in [2.45, 2.75) is 26.7 Å². The fraction of sp³-hybridized carbons (Fsp3) is 0.833. The number of nitrogens with one attached hydrogen (secondary N) is 3. The summed E-state index contributed by atoms with van der Waals surface area (Å²) in [5.74, 6) is -0.381. The summed E-state index contributed by atoms with van der Waals surface area (Å²) in [6.07, 6.45) is 1.34. The van der Waals surface area contributed by atoms with Crippen LogP contribution in [0.2, 0.25) is 0 Å². The molecule has 0 aliphatic carbocycles. The van der Waals surface area contributed by atoms with Gasteiger partial charge in [0.1, 0.15) is 13.2 Å². The number of hydrogen-bond acceptors (Lipinski definition) is 7. The topological polar surface area (TPSA) is 124 Å². The normalized spacial score (nSPS) is 10.5. The van der Waals surface area contributed by atoms with Crippen LogP contribution >= 0.6 is 0 Å². The van der Waals surface area contributed by atoms with Crippen LogP contribution in [0.5, 0.6) is 0 Å². The number of ether oxygens (including phenoxy) is 4. The van der Waals surface area contributed by atoms with Gasteiger partial charge in [-0.1, -0.05) is 13.8 Å². The van der Waals surface area contributed by atoms with Gasteiger partial charge in [0.25, 0.3) is 0 Å². The van der Waals surface area contributed by atoms with E-state index in [1.165, 1.54) is 0 Å². The third-order valence-electron chi connectivity index (χ3n) is 3.24. The van der Waals surface area contributed by atoms with Crippen molar-refractivity contribution in [1.82, 2.24) is 16.0 Å². The third-order valence-corrected chi connectivity index (χ3v) is 3.24. The summed E-state index contributed by atoms with van der Waals surface area (Å²) in [6, 6.07) is 0. The van der Waals surface area contributed by atoms with Crippen molar-refractivity contribution >= 4 is 17.7 Å². The molecule has 0 aliphatic heterocycles. The Balaban J connectivity index is 3.27. The lowest BCUT2D eigenvalue weighted by Crippen LogP contribution is -2.31. The van der Waals surface area contributed by atoms with Crippen molar-refractivity contribution in [2.75, 3.05) is 72.5 Å². The molecule has 10 nitrogen and oxygen atoms in total. The maximum absolute atomic E-state index is 11.5. The van der Waals surface area contributed by atoms with Crippen LogP contribution in [0.25, 0.3) is 0 Å². The predicted molar refractivity (Wildman–Crippen MR) is 103 cm³/mol. The van der Waals surface area contributed by atoms with E-state index in [0.29, 0.717) is 65.7 Å². The molecule has 0 aromatic carbocycles. The van der Waals surface area contributed by atoms with E-state index in [0.717, 1.165) is 6.42 Å². The Kier molecular flexibility index (Phi) is 18.7. The molecule has 0 saturated carbocycles. The van der Waals surface area contributed by atoms with E-state index in [9.17, 15) is 14.4 Å². The second kappa shape index (κ2) is 20.0. The van der Waals surface area contributed by atoms with E-state index in [1.807, 2.05) is 6.92 Å². The molecule has 0 rings (SSSR count). The number of carbonyl (C=O) groups is 3. The molecule has 0 fully saturated rings. The molecule has 0 bridgehead atoms. The molecule has 0 aromatic rings. The smallest absolute Gasteiger partial charge is 0.246 e. The molecular weight excluding hydrogens is 370 g/mol. The van der Waals surface area contributed by atoms with Crippen LogP contribution in [0.1, 0.15) is 26.7 Å². The molecule has 10 heteroatoms. The summed E-state index contributed by atoms with van der Waals surface area (Å²) in [7, 11) is 0. The lowest BCUT2D eigenvalue weighted by Gasteiger charge is -2.08. The number of carbonyl (C=O) groups excluding carboxylic acids is 3. The Morgan fingerprint density at radius 1 is 0.571 bits per heavy atom. The van der Waals surface area contributed by atoms with Crippen molar-refractivity contribution in [3.05, 3.63) is 0 Å². The fourth-order valence-corrected chi connectivity index (χ4v) is 1.79. The first kappa shape index (κ1) is 26.2. The highest BCUT2D eigenvalue weighted by molar-refractivity contribution is 5.77. The second-order valence-corrected chi connectivity index (χ2v) is 5.73. The molecule has 0 spiro atoms. The van der Waals surface area contributed by atoms with Gasteiger partial charge < -0.3 is 34.9 Å². The summed E-state index contributed by atoms with van der Waals surface area (Å²) in [4.78, 5) is 33.8. The van der Waals surface area contributed by atoms with Crippen LogP contribution in [-0.2, 0) is 33.3 Å². The average Bonchev–Trinajstić information content (AvgIpc) is 2.69. The summed E-state index contributed by atoms with van der Waals surface area (Å²) in [6.45, 7) is 7.30. The van der Waals surface area contributed by atoms with Crippen LogP contribution in [0.15, 0.2) is 0 Å². The largest absolute Gasteiger partial charge is 0.377 e. The molecule has 0 saturated heterocycles. The summed E-state index contributed by atoms with van der Waals surface area (Å²) in [5, 5.41) is 8.06. The minimum Gasteiger partial charge on any atom is -0.377 e. The van der Waals surface area contributed by atoms with Crippen molar-refractivity contribution in [3.8, 4) is 0 Å². The van der Waals surface area contributed by atoms with Gasteiger partial charge in [0.2, 0.25) is 17.7 Å². The average molecular weight is 405 g/mol. The van der Waals surface area contributed by atoms with Crippen LogP contribution in [-0.4, -0.2) is 90.2 Å². The summed E-state index contributed by atoms with van der Waals surface area (Å²) >= 11 is 0. The Hall–Kier alpha value is -1.75. The van der Waals surface area contributed by atoms with Gasteiger partial charge in [0, 0.05) is 26.1 Å². The molecule has 0 aromatic heterocycles. The van der Waals surface area contributed by atoms with Crippen molar-refractivity contribution in [2.24, 2.45) is 0 Å². The monoisotopic (exact) mass is 405 g/mol. The maximum atomic E-state index is 11.5. The number of hydrogen-bond donors (Lipinski definition) is 3. The van der Waals surface area contributed by atoms with Crippen LogP contribution in [0.3, 0.4) is 0 Å². The molecule has 0 atom stereocenters. The van der Waals surface area contributed by atoms with E-state index in [-0.39, 0.29) is 30.9 Å². The molecule has 0 unspecified atom stereocenters. The van der Waals surface area contributed by atoms with E-state index in [1.54, 1.807) is 6.92 Å². The second-order valence-electron chi connectivity index (χ2n) is 5.73. The summed E-state index contributed by atoms with van der Waals surface area (Å²) in [5.41, 5.74) is 0. The van der Waals surface area contributed by atoms with Gasteiger partial charge in [-0.25, -0.2) is 0 Å². The van der Waals surface area contributed by atoms with Gasteiger partial charge in [0.05, 0.1) is 39.6 Å². The molecule has 3 amide bonds. The van der Waals surface area contributed by atoms with Gasteiger partial charge in [-0.15, -0.1) is 0 Å². The van der Waals surface area contributed by atoms with E-state index in [2.05, 4.69) is 16.0 Å². The number of rotatable bonds is 19. The molecule has 0 aliphatic rings. The van der Waals surface area contributed by atoms with Gasteiger partial charge >= 0.3 is 0 Å². The highest BCUT2D eigenvalue weighted by Crippen LogP contribution is 1.82. The van der Waals surface area contributed by atoms with E-state index in [4.69, 9.17) is 18.9 Å². The zero-order chi connectivity index (χ0) is 20.9. The molecule has 0 radical (unpaired) electrons. The Morgan fingerprint density at radius 2 is 1.00 bits per heavy atom. The van der Waals surface area contributed by atoms with E-state index >= 15 is 0 Å². The third kappa shape index (κ3) is 19.0. The zero-order valence-electron chi connectivity index (χ0n) is 17.1. The highest BCUT2D eigenvalue weighted by atomic mass is 16.5. The standard InChI is InChI=1S/C18H35N3O7/c1-3-5-19-17(23)14-27-12-11-26-9-7-21-18(24)15-28-13-10-25-8-6-20-16(22)4-2/h3-15H2,1-2H3,(H,19,23)(H,20,22)(H,21,24). The molecular formula is C18H35N3O7. The summed E-state index contributed by atoms with van der Waals surface area (Å²) < 4.78 is 20.9. The number of amides is 3. The van der Waals surface area contributed by atoms with Crippen molar-refractivity contribution in [1.29, 1.82) is 0 Å². The molecule has 28 heavy (non-hydrogen) atoms. The minimum absolute atomic E-state index is 0.0113. The van der Waals surface area contributed by atoms with E-state index < -0.39 is 0 Å². The SMILES string of the molecule is CCCNC(=O)COCCOCCNC(=O)COCCOCCNC(=O)CC. The van der Waals surface area contributed by atoms with Gasteiger partial charge in [-0.3, -0.25) is 14.4 Å². The Labute approximate surface area is 167 Å². The quantitative estimate of drug-likeness (QED) is 0.241. The predicted octanol–water partition coefficient (Wildman–Crippen LogP) is -0.779. The van der Waals surface area contributed by atoms with Crippen LogP contribution < -0.4 is 16.0 Å². The Bertz CT molecular complexity index is 422. The molecule has 164 valence electrons. The first-order valence-electron chi connectivity index (χ1n) is 9.71. The first-order valence-corrected chi connectivity index (χ1v) is 9.71. The Morgan fingerprint density at radius 3 is 1.46 bits per heavy atom. The fourth-order valence-electron chi connectivity index (χ4n) is 1.79. The van der Waals surface area contributed by atoms with Gasteiger partial charge in [-0.2, -0.15) is 0 Å². The first-order chi connectivity index (χ1) is 13.6. The van der Waals surface area contributed by atoms with Crippen LogP contribution in [0, 0.1) is 0 Å². The maximum Gasteiger partial charge on any atom is 0.246 e. The molecule has 3 N–H and O–H groups in total. The highest BCUT2D eigenvalue weighted by Gasteiger charge is 2.02. The lowest BCUT2D eigenvalue weighted by molar-refractivity contribution is -0.127. The minimum atomic E-state index is -0.234.